The van der Waals surface area contributed by atoms with Gasteiger partial charge in [0.1, 0.15) is 0 Å². The van der Waals surface area contributed by atoms with Crippen LogP contribution in [0.5, 0.6) is 0 Å². The van der Waals surface area contributed by atoms with Crippen LogP contribution in [0.1, 0.15) is 29.6 Å². The zero-order valence-electron chi connectivity index (χ0n) is 10.8. The lowest BCUT2D eigenvalue weighted by molar-refractivity contribution is 0.0697. The zero-order valence-corrected chi connectivity index (χ0v) is 12.3. The van der Waals surface area contributed by atoms with E-state index in [1.54, 1.807) is 23.9 Å². The average molecular weight is 300 g/mol. The summed E-state index contributed by atoms with van der Waals surface area (Å²) in [6, 6.07) is 5.20. The Hall–Kier alpha value is -0.710. The predicted molar refractivity (Wildman–Crippen MR) is 79.4 cm³/mol. The van der Waals surface area contributed by atoms with Gasteiger partial charge >= 0.3 is 5.97 Å². The number of carbonyl (C=O) groups is 1. The van der Waals surface area contributed by atoms with Crippen molar-refractivity contribution < 1.29 is 9.90 Å². The fraction of sp³-hybridized carbons (Fsp3) is 0.500. The van der Waals surface area contributed by atoms with Crippen molar-refractivity contribution >= 4 is 29.3 Å². The lowest BCUT2D eigenvalue weighted by Crippen LogP contribution is -2.31. The second-order valence-electron chi connectivity index (χ2n) is 4.70. The van der Waals surface area contributed by atoms with Crippen LogP contribution in [-0.2, 0) is 0 Å². The molecule has 1 heterocycles. The third-order valence-corrected chi connectivity index (χ3v) is 4.60. The Bertz CT molecular complexity index is 447. The number of rotatable bonds is 5. The van der Waals surface area contributed by atoms with Gasteiger partial charge in [0, 0.05) is 17.2 Å². The smallest absolute Gasteiger partial charge is 0.337 e. The van der Waals surface area contributed by atoms with E-state index in [9.17, 15) is 4.79 Å². The number of carboxylic acids is 1. The summed E-state index contributed by atoms with van der Waals surface area (Å²) >= 11 is 7.54. The van der Waals surface area contributed by atoms with Crippen molar-refractivity contribution in [2.75, 3.05) is 25.4 Å². The number of hydrogen-bond acceptors (Lipinski definition) is 3. The van der Waals surface area contributed by atoms with E-state index in [1.165, 1.54) is 32.4 Å². The molecule has 5 heteroatoms. The average Bonchev–Trinajstić information content (AvgIpc) is 2.41. The van der Waals surface area contributed by atoms with Crippen LogP contribution in [0.25, 0.3) is 0 Å². The van der Waals surface area contributed by atoms with Gasteiger partial charge in [0.15, 0.2) is 0 Å². The van der Waals surface area contributed by atoms with Crippen LogP contribution in [0.3, 0.4) is 0 Å². The fourth-order valence-electron chi connectivity index (χ4n) is 2.23. The molecule has 0 bridgehead atoms. The first-order chi connectivity index (χ1) is 9.16. The molecule has 19 heavy (non-hydrogen) atoms. The van der Waals surface area contributed by atoms with Gasteiger partial charge in [-0.15, -0.1) is 11.8 Å². The summed E-state index contributed by atoms with van der Waals surface area (Å²) in [6.07, 6.45) is 3.95. The molecule has 0 radical (unpaired) electrons. The molecule has 1 aromatic rings. The van der Waals surface area contributed by atoms with E-state index in [1.807, 2.05) is 6.07 Å². The number of likely N-dealkylation sites (tertiary alicyclic amines) is 1. The summed E-state index contributed by atoms with van der Waals surface area (Å²) in [5.41, 5.74) is 0.185. The van der Waals surface area contributed by atoms with Crippen LogP contribution in [0.4, 0.5) is 0 Å². The van der Waals surface area contributed by atoms with Crippen molar-refractivity contribution in [3.8, 4) is 0 Å². The summed E-state index contributed by atoms with van der Waals surface area (Å²) in [6.45, 7) is 3.46. The maximum Gasteiger partial charge on any atom is 0.337 e. The summed E-state index contributed by atoms with van der Waals surface area (Å²) in [4.78, 5) is 14.4. The maximum absolute atomic E-state index is 11.0. The number of piperidine rings is 1. The van der Waals surface area contributed by atoms with E-state index in [4.69, 9.17) is 16.7 Å². The minimum atomic E-state index is -0.969. The van der Waals surface area contributed by atoms with Crippen LogP contribution in [0.15, 0.2) is 23.1 Å². The van der Waals surface area contributed by atoms with Crippen molar-refractivity contribution in [3.05, 3.63) is 28.8 Å². The number of nitrogens with zero attached hydrogens (tertiary/aromatic N) is 1. The predicted octanol–water partition coefficient (Wildman–Crippen LogP) is 3.62. The summed E-state index contributed by atoms with van der Waals surface area (Å²) in [5, 5.41) is 9.32. The number of benzene rings is 1. The van der Waals surface area contributed by atoms with Gasteiger partial charge < -0.3 is 10.0 Å². The van der Waals surface area contributed by atoms with Gasteiger partial charge in [-0.3, -0.25) is 0 Å². The Kier molecular flexibility index (Phi) is 5.55. The first-order valence-electron chi connectivity index (χ1n) is 6.55. The van der Waals surface area contributed by atoms with Crippen LogP contribution in [0, 0.1) is 0 Å². The summed E-state index contributed by atoms with van der Waals surface area (Å²) in [5.74, 6) is 0.0178. The highest BCUT2D eigenvalue weighted by Gasteiger charge is 2.11. The molecule has 0 amide bonds. The Balaban J connectivity index is 1.85. The molecule has 1 N–H and O–H groups in total. The first-order valence-corrected chi connectivity index (χ1v) is 7.91. The molecular weight excluding hydrogens is 282 g/mol. The van der Waals surface area contributed by atoms with Crippen molar-refractivity contribution in [1.82, 2.24) is 4.90 Å². The Labute approximate surface area is 122 Å². The van der Waals surface area contributed by atoms with Gasteiger partial charge in [-0.25, -0.2) is 4.79 Å². The second kappa shape index (κ2) is 7.17. The number of thioether (sulfide) groups is 1. The van der Waals surface area contributed by atoms with E-state index in [-0.39, 0.29) is 5.56 Å². The topological polar surface area (TPSA) is 40.5 Å². The van der Waals surface area contributed by atoms with Gasteiger partial charge in [0.25, 0.3) is 0 Å². The molecule has 1 fully saturated rings. The minimum absolute atomic E-state index is 0.185. The maximum atomic E-state index is 11.0. The molecule has 0 atom stereocenters. The van der Waals surface area contributed by atoms with Crippen molar-refractivity contribution in [2.24, 2.45) is 0 Å². The standard InChI is InChI=1S/C14H18ClNO2S/c15-13-5-4-11(10-12(13)14(17)18)19-9-8-16-6-2-1-3-7-16/h4-5,10H,1-3,6-9H2,(H,17,18). The normalized spacial score (nSPS) is 16.5. The molecule has 1 aliphatic heterocycles. The third-order valence-electron chi connectivity index (χ3n) is 3.29. The minimum Gasteiger partial charge on any atom is -0.478 e. The van der Waals surface area contributed by atoms with Crippen molar-refractivity contribution in [1.29, 1.82) is 0 Å². The van der Waals surface area contributed by atoms with Crippen LogP contribution in [-0.4, -0.2) is 41.4 Å². The lowest BCUT2D eigenvalue weighted by atomic mass is 10.1. The molecule has 1 aliphatic rings. The molecule has 3 nitrogen and oxygen atoms in total. The molecule has 0 unspecified atom stereocenters. The van der Waals surface area contributed by atoms with Crippen molar-refractivity contribution in [3.63, 3.8) is 0 Å². The van der Waals surface area contributed by atoms with Gasteiger partial charge in [0.2, 0.25) is 0 Å². The summed E-state index contributed by atoms with van der Waals surface area (Å²) in [7, 11) is 0. The van der Waals surface area contributed by atoms with E-state index >= 15 is 0 Å². The van der Waals surface area contributed by atoms with Gasteiger partial charge in [-0.1, -0.05) is 18.0 Å². The number of aromatic carboxylic acids is 1. The lowest BCUT2D eigenvalue weighted by Gasteiger charge is -2.26. The Morgan fingerprint density at radius 1 is 1.32 bits per heavy atom. The number of hydrogen-bond donors (Lipinski definition) is 1. The zero-order chi connectivity index (χ0) is 13.7. The molecular formula is C14H18ClNO2S. The second-order valence-corrected chi connectivity index (χ2v) is 6.27. The molecule has 104 valence electrons. The van der Waals surface area contributed by atoms with Gasteiger partial charge in [0.05, 0.1) is 10.6 Å². The quantitative estimate of drug-likeness (QED) is 0.843. The van der Waals surface area contributed by atoms with E-state index in [0.29, 0.717) is 5.02 Å². The van der Waals surface area contributed by atoms with E-state index in [2.05, 4.69) is 4.90 Å². The highest BCUT2D eigenvalue weighted by molar-refractivity contribution is 7.99. The third kappa shape index (κ3) is 4.41. The summed E-state index contributed by atoms with van der Waals surface area (Å²) < 4.78 is 0. The monoisotopic (exact) mass is 299 g/mol. The molecule has 0 aromatic heterocycles. The van der Waals surface area contributed by atoms with Crippen LogP contribution >= 0.6 is 23.4 Å². The largest absolute Gasteiger partial charge is 0.478 e. The highest BCUT2D eigenvalue weighted by atomic mass is 35.5. The molecule has 1 aromatic carbocycles. The molecule has 0 spiro atoms. The van der Waals surface area contributed by atoms with E-state index < -0.39 is 5.97 Å². The number of halogens is 1. The van der Waals surface area contributed by atoms with Gasteiger partial charge in [-0.2, -0.15) is 0 Å². The Morgan fingerprint density at radius 2 is 2.05 bits per heavy atom. The van der Waals surface area contributed by atoms with Gasteiger partial charge in [-0.05, 0) is 44.1 Å². The molecule has 0 aliphatic carbocycles. The Morgan fingerprint density at radius 3 is 2.74 bits per heavy atom. The first kappa shape index (κ1) is 14.7. The SMILES string of the molecule is O=C(O)c1cc(SCCN2CCCCC2)ccc1Cl. The van der Waals surface area contributed by atoms with Crippen LogP contribution < -0.4 is 0 Å². The molecule has 0 saturated carbocycles. The number of carboxylic acid groups (broad SMARTS) is 1. The molecule has 2 rings (SSSR count). The highest BCUT2D eigenvalue weighted by Crippen LogP contribution is 2.25. The van der Waals surface area contributed by atoms with E-state index in [0.717, 1.165) is 17.2 Å². The fourth-order valence-corrected chi connectivity index (χ4v) is 3.38. The van der Waals surface area contributed by atoms with Crippen LogP contribution in [0.2, 0.25) is 5.02 Å². The molecule has 1 saturated heterocycles. The van der Waals surface area contributed by atoms with Crippen molar-refractivity contribution in [2.45, 2.75) is 24.2 Å².